The van der Waals surface area contributed by atoms with Crippen molar-refractivity contribution in [3.05, 3.63) is 17.7 Å². The van der Waals surface area contributed by atoms with E-state index in [2.05, 4.69) is 6.92 Å². The predicted molar refractivity (Wildman–Crippen MR) is 83.4 cm³/mol. The molecule has 1 aromatic rings. The van der Waals surface area contributed by atoms with E-state index >= 15 is 0 Å². The molecule has 0 amide bonds. The van der Waals surface area contributed by atoms with E-state index in [-0.39, 0.29) is 18.4 Å². The normalized spacial score (nSPS) is 13.6. The zero-order valence-corrected chi connectivity index (χ0v) is 13.4. The number of benzene rings is 1. The second kappa shape index (κ2) is 8.74. The van der Waals surface area contributed by atoms with E-state index in [4.69, 9.17) is 19.9 Å². The smallest absolute Gasteiger partial charge is 0.203 e. The Morgan fingerprint density at radius 2 is 1.76 bits per heavy atom. The molecule has 21 heavy (non-hydrogen) atoms. The first-order valence-corrected chi connectivity index (χ1v) is 7.26. The minimum atomic E-state index is 0.0905. The molecule has 0 aliphatic carbocycles. The fourth-order valence-corrected chi connectivity index (χ4v) is 2.61. The van der Waals surface area contributed by atoms with Gasteiger partial charge in [-0.1, -0.05) is 13.0 Å². The molecule has 0 spiro atoms. The van der Waals surface area contributed by atoms with E-state index in [9.17, 15) is 5.11 Å². The van der Waals surface area contributed by atoms with Crippen molar-refractivity contribution in [2.45, 2.75) is 25.7 Å². The van der Waals surface area contributed by atoms with Crippen molar-refractivity contribution in [1.29, 1.82) is 0 Å². The summed E-state index contributed by atoms with van der Waals surface area (Å²) in [6, 6.07) is 3.88. The second-order valence-corrected chi connectivity index (χ2v) is 5.05. The fraction of sp³-hybridized carbons (Fsp3) is 0.625. The van der Waals surface area contributed by atoms with Gasteiger partial charge in [-0.15, -0.1) is 0 Å². The minimum Gasteiger partial charge on any atom is -0.493 e. The lowest BCUT2D eigenvalue weighted by molar-refractivity contribution is 0.213. The van der Waals surface area contributed by atoms with Crippen molar-refractivity contribution in [2.24, 2.45) is 11.7 Å². The van der Waals surface area contributed by atoms with E-state index in [0.29, 0.717) is 23.8 Å². The van der Waals surface area contributed by atoms with Crippen LogP contribution in [0, 0.1) is 5.92 Å². The van der Waals surface area contributed by atoms with Gasteiger partial charge >= 0.3 is 0 Å². The van der Waals surface area contributed by atoms with Gasteiger partial charge in [0.25, 0.3) is 0 Å². The third-order valence-electron chi connectivity index (χ3n) is 3.88. The summed E-state index contributed by atoms with van der Waals surface area (Å²) in [6.07, 6.45) is 1.75. The maximum atomic E-state index is 9.37. The van der Waals surface area contributed by atoms with Gasteiger partial charge in [-0.2, -0.15) is 0 Å². The summed E-state index contributed by atoms with van der Waals surface area (Å²) in [6.45, 7) is 2.69. The van der Waals surface area contributed by atoms with Crippen LogP contribution < -0.4 is 19.9 Å². The molecule has 3 N–H and O–H groups in total. The van der Waals surface area contributed by atoms with Gasteiger partial charge in [0.2, 0.25) is 5.75 Å². The number of aliphatic hydroxyl groups is 1. The Labute approximate surface area is 127 Å². The molecule has 1 aromatic carbocycles. The molecule has 0 bridgehead atoms. The van der Waals surface area contributed by atoms with Gasteiger partial charge < -0.3 is 25.1 Å². The number of ether oxygens (including phenoxy) is 3. The van der Waals surface area contributed by atoms with Crippen LogP contribution in [0.3, 0.4) is 0 Å². The molecule has 0 aliphatic heterocycles. The third-order valence-corrected chi connectivity index (χ3v) is 3.88. The Hall–Kier alpha value is -1.46. The number of hydrogen-bond donors (Lipinski definition) is 2. The molecule has 120 valence electrons. The zero-order valence-electron chi connectivity index (χ0n) is 13.4. The summed E-state index contributed by atoms with van der Waals surface area (Å²) < 4.78 is 16.3. The lowest BCUT2D eigenvalue weighted by atomic mass is 9.86. The van der Waals surface area contributed by atoms with Gasteiger partial charge in [-0.3, -0.25) is 0 Å². The highest BCUT2D eigenvalue weighted by molar-refractivity contribution is 5.56. The van der Waals surface area contributed by atoms with Gasteiger partial charge in [0.1, 0.15) is 0 Å². The average Bonchev–Trinajstić information content (AvgIpc) is 2.54. The second-order valence-electron chi connectivity index (χ2n) is 5.05. The SMILES string of the molecule is CCC(CC(CN)CO)c1ccc(OC)c(OC)c1OC. The Morgan fingerprint density at radius 1 is 1.10 bits per heavy atom. The lowest BCUT2D eigenvalue weighted by Gasteiger charge is -2.24. The molecule has 0 saturated heterocycles. The molecule has 1 rings (SSSR count). The van der Waals surface area contributed by atoms with Crippen LogP contribution >= 0.6 is 0 Å². The summed E-state index contributed by atoms with van der Waals surface area (Å²) in [4.78, 5) is 0. The topological polar surface area (TPSA) is 73.9 Å². The van der Waals surface area contributed by atoms with Crippen molar-refractivity contribution in [3.8, 4) is 17.2 Å². The molecular weight excluding hydrogens is 270 g/mol. The van der Waals surface area contributed by atoms with E-state index < -0.39 is 0 Å². The standard InChI is InChI=1S/C16H27NO4/c1-5-12(8-11(9-17)10-18)13-6-7-14(19-2)16(21-4)15(13)20-3/h6-7,11-12,18H,5,8-10,17H2,1-4H3. The van der Waals surface area contributed by atoms with Gasteiger partial charge in [-0.05, 0) is 37.3 Å². The van der Waals surface area contributed by atoms with Crippen molar-refractivity contribution in [2.75, 3.05) is 34.5 Å². The van der Waals surface area contributed by atoms with Crippen LogP contribution in [0.1, 0.15) is 31.2 Å². The summed E-state index contributed by atoms with van der Waals surface area (Å²) in [5.74, 6) is 2.28. The highest BCUT2D eigenvalue weighted by Crippen LogP contribution is 2.44. The quantitative estimate of drug-likeness (QED) is 0.730. The van der Waals surface area contributed by atoms with Crippen molar-refractivity contribution in [3.63, 3.8) is 0 Å². The van der Waals surface area contributed by atoms with Crippen molar-refractivity contribution >= 4 is 0 Å². The molecule has 0 aromatic heterocycles. The minimum absolute atomic E-state index is 0.0905. The highest BCUT2D eigenvalue weighted by Gasteiger charge is 2.23. The van der Waals surface area contributed by atoms with Gasteiger partial charge in [0.05, 0.1) is 21.3 Å². The maximum absolute atomic E-state index is 9.37. The Balaban J connectivity index is 3.20. The molecule has 0 aliphatic rings. The molecular formula is C16H27NO4. The van der Waals surface area contributed by atoms with Gasteiger partial charge in [-0.25, -0.2) is 0 Å². The van der Waals surface area contributed by atoms with Crippen LogP contribution in [0.15, 0.2) is 12.1 Å². The van der Waals surface area contributed by atoms with Gasteiger partial charge in [0, 0.05) is 12.2 Å². The van der Waals surface area contributed by atoms with Crippen LogP contribution in [-0.2, 0) is 0 Å². The Kier molecular flexibility index (Phi) is 7.32. The molecule has 0 fully saturated rings. The number of nitrogens with two attached hydrogens (primary N) is 1. The number of aliphatic hydroxyl groups excluding tert-OH is 1. The number of hydrogen-bond acceptors (Lipinski definition) is 5. The van der Waals surface area contributed by atoms with Crippen molar-refractivity contribution in [1.82, 2.24) is 0 Å². The van der Waals surface area contributed by atoms with Gasteiger partial charge in [0.15, 0.2) is 11.5 Å². The Bertz CT molecular complexity index is 433. The monoisotopic (exact) mass is 297 g/mol. The number of rotatable bonds is 9. The molecule has 0 radical (unpaired) electrons. The van der Waals surface area contributed by atoms with E-state index in [1.807, 2.05) is 12.1 Å². The first-order valence-electron chi connectivity index (χ1n) is 7.26. The van der Waals surface area contributed by atoms with E-state index in [1.165, 1.54) is 0 Å². The van der Waals surface area contributed by atoms with Crippen LogP contribution in [0.25, 0.3) is 0 Å². The molecule has 0 saturated carbocycles. The predicted octanol–water partition coefficient (Wildman–Crippen LogP) is 2.16. The molecule has 2 atom stereocenters. The fourth-order valence-electron chi connectivity index (χ4n) is 2.61. The lowest BCUT2D eigenvalue weighted by Crippen LogP contribution is -2.21. The largest absolute Gasteiger partial charge is 0.493 e. The summed E-state index contributed by atoms with van der Waals surface area (Å²) in [7, 11) is 4.83. The first kappa shape index (κ1) is 17.6. The van der Waals surface area contributed by atoms with Crippen LogP contribution in [0.2, 0.25) is 0 Å². The summed E-state index contributed by atoms with van der Waals surface area (Å²) >= 11 is 0. The van der Waals surface area contributed by atoms with Crippen LogP contribution in [-0.4, -0.2) is 39.6 Å². The number of methoxy groups -OCH3 is 3. The van der Waals surface area contributed by atoms with Crippen molar-refractivity contribution < 1.29 is 19.3 Å². The molecule has 5 heteroatoms. The van der Waals surface area contributed by atoms with Crippen LogP contribution in [0.4, 0.5) is 0 Å². The maximum Gasteiger partial charge on any atom is 0.203 e. The summed E-state index contributed by atoms with van der Waals surface area (Å²) in [5, 5.41) is 9.37. The average molecular weight is 297 g/mol. The van der Waals surface area contributed by atoms with Crippen LogP contribution in [0.5, 0.6) is 17.2 Å². The molecule has 5 nitrogen and oxygen atoms in total. The zero-order chi connectivity index (χ0) is 15.8. The molecule has 2 unspecified atom stereocenters. The summed E-state index contributed by atoms with van der Waals surface area (Å²) in [5.41, 5.74) is 6.76. The highest BCUT2D eigenvalue weighted by atomic mass is 16.5. The van der Waals surface area contributed by atoms with E-state index in [0.717, 1.165) is 18.4 Å². The van der Waals surface area contributed by atoms with E-state index in [1.54, 1.807) is 21.3 Å². The third kappa shape index (κ3) is 4.02. The first-order chi connectivity index (χ1) is 10.2. The Morgan fingerprint density at radius 3 is 2.19 bits per heavy atom. The molecule has 0 heterocycles.